The molecule has 84 valence electrons. The van der Waals surface area contributed by atoms with Crippen molar-refractivity contribution >= 4 is 0 Å². The molecule has 0 spiro atoms. The first-order chi connectivity index (χ1) is 7.54. The van der Waals surface area contributed by atoms with Crippen molar-refractivity contribution in [1.82, 2.24) is 9.78 Å². The Labute approximate surface area is 92.5 Å². The van der Waals surface area contributed by atoms with E-state index in [2.05, 4.69) is 5.10 Å². The smallest absolute Gasteiger partial charge is 0.126 e. The maximum absolute atomic E-state index is 13.0. The van der Waals surface area contributed by atoms with Gasteiger partial charge in [-0.15, -0.1) is 0 Å². The monoisotopic (exact) mass is 222 g/mol. The molecular formula is C12H12F2N2. The molecule has 0 bridgehead atoms. The van der Waals surface area contributed by atoms with E-state index in [1.807, 2.05) is 19.9 Å². The SMILES string of the molecule is Cc1cc(C)n(Cc2cc(F)cc(F)c2)n1. The largest absolute Gasteiger partial charge is 0.265 e. The summed E-state index contributed by atoms with van der Waals surface area (Å²) in [5, 5.41) is 4.24. The second-order valence-corrected chi connectivity index (χ2v) is 3.86. The number of nitrogens with zero attached hydrogens (tertiary/aromatic N) is 2. The second kappa shape index (κ2) is 4.04. The lowest BCUT2D eigenvalue weighted by atomic mass is 10.2. The van der Waals surface area contributed by atoms with Crippen LogP contribution < -0.4 is 0 Å². The zero-order valence-corrected chi connectivity index (χ0v) is 9.17. The summed E-state index contributed by atoms with van der Waals surface area (Å²) in [5.74, 6) is -1.12. The molecule has 0 saturated carbocycles. The van der Waals surface area contributed by atoms with Crippen LogP contribution in [0.2, 0.25) is 0 Å². The van der Waals surface area contributed by atoms with Crippen molar-refractivity contribution in [3.05, 3.63) is 52.9 Å². The van der Waals surface area contributed by atoms with Crippen LogP contribution in [0.15, 0.2) is 24.3 Å². The van der Waals surface area contributed by atoms with Crippen LogP contribution in [0.25, 0.3) is 0 Å². The molecule has 0 aliphatic rings. The standard InChI is InChI=1S/C12H12F2N2/c1-8-3-9(2)16(15-8)7-10-4-11(13)6-12(14)5-10/h3-6H,7H2,1-2H3. The minimum Gasteiger partial charge on any atom is -0.265 e. The molecule has 0 aliphatic heterocycles. The second-order valence-electron chi connectivity index (χ2n) is 3.86. The summed E-state index contributed by atoms with van der Waals surface area (Å²) < 4.78 is 27.7. The first kappa shape index (κ1) is 10.8. The van der Waals surface area contributed by atoms with Crippen LogP contribution in [0.3, 0.4) is 0 Å². The molecule has 0 radical (unpaired) electrons. The Bertz CT molecular complexity index is 497. The minimum atomic E-state index is -0.559. The fourth-order valence-corrected chi connectivity index (χ4v) is 1.71. The highest BCUT2D eigenvalue weighted by atomic mass is 19.1. The van der Waals surface area contributed by atoms with E-state index in [1.165, 1.54) is 12.1 Å². The number of aromatic nitrogens is 2. The van der Waals surface area contributed by atoms with Crippen molar-refractivity contribution in [2.24, 2.45) is 0 Å². The molecule has 0 fully saturated rings. The summed E-state index contributed by atoms with van der Waals surface area (Å²) in [6.45, 7) is 4.18. The lowest BCUT2D eigenvalue weighted by Gasteiger charge is -2.05. The number of hydrogen-bond acceptors (Lipinski definition) is 1. The quantitative estimate of drug-likeness (QED) is 0.764. The van der Waals surface area contributed by atoms with Crippen LogP contribution in [0.1, 0.15) is 17.0 Å². The summed E-state index contributed by atoms with van der Waals surface area (Å²) in [6, 6.07) is 5.43. The molecule has 0 aliphatic carbocycles. The van der Waals surface area contributed by atoms with E-state index in [0.717, 1.165) is 17.5 Å². The van der Waals surface area contributed by atoms with Gasteiger partial charge in [-0.2, -0.15) is 5.10 Å². The summed E-state index contributed by atoms with van der Waals surface area (Å²) in [4.78, 5) is 0. The highest BCUT2D eigenvalue weighted by Crippen LogP contribution is 2.11. The molecule has 16 heavy (non-hydrogen) atoms. The Morgan fingerprint density at radius 3 is 2.19 bits per heavy atom. The number of benzene rings is 1. The lowest BCUT2D eigenvalue weighted by Crippen LogP contribution is -2.04. The zero-order chi connectivity index (χ0) is 11.7. The number of aryl methyl sites for hydroxylation is 2. The maximum atomic E-state index is 13.0. The van der Waals surface area contributed by atoms with Gasteiger partial charge in [-0.25, -0.2) is 8.78 Å². The average molecular weight is 222 g/mol. The van der Waals surface area contributed by atoms with Gasteiger partial charge >= 0.3 is 0 Å². The van der Waals surface area contributed by atoms with Crippen LogP contribution in [0.5, 0.6) is 0 Å². The third kappa shape index (κ3) is 2.27. The van der Waals surface area contributed by atoms with Gasteiger partial charge in [-0.05, 0) is 37.6 Å². The normalized spacial score (nSPS) is 10.8. The summed E-state index contributed by atoms with van der Waals surface area (Å²) in [5.41, 5.74) is 2.44. The minimum absolute atomic E-state index is 0.383. The third-order valence-corrected chi connectivity index (χ3v) is 2.36. The average Bonchev–Trinajstić information content (AvgIpc) is 2.43. The molecule has 1 aromatic heterocycles. The summed E-state index contributed by atoms with van der Waals surface area (Å²) in [6.07, 6.45) is 0. The van der Waals surface area contributed by atoms with Gasteiger partial charge in [0.15, 0.2) is 0 Å². The van der Waals surface area contributed by atoms with Gasteiger partial charge in [0.05, 0.1) is 12.2 Å². The molecule has 2 nitrogen and oxygen atoms in total. The molecule has 0 saturated heterocycles. The Hall–Kier alpha value is -1.71. The Balaban J connectivity index is 2.30. The fourth-order valence-electron chi connectivity index (χ4n) is 1.71. The van der Waals surface area contributed by atoms with Crippen molar-refractivity contribution in [2.45, 2.75) is 20.4 Å². The maximum Gasteiger partial charge on any atom is 0.126 e. The molecule has 0 unspecified atom stereocenters. The van der Waals surface area contributed by atoms with E-state index in [1.54, 1.807) is 4.68 Å². The van der Waals surface area contributed by atoms with Crippen LogP contribution in [-0.2, 0) is 6.54 Å². The molecule has 0 amide bonds. The van der Waals surface area contributed by atoms with Crippen LogP contribution in [0, 0.1) is 25.5 Å². The van der Waals surface area contributed by atoms with Gasteiger partial charge in [-0.3, -0.25) is 4.68 Å². The molecule has 4 heteroatoms. The van der Waals surface area contributed by atoms with E-state index < -0.39 is 11.6 Å². The van der Waals surface area contributed by atoms with E-state index >= 15 is 0 Å². The first-order valence-corrected chi connectivity index (χ1v) is 5.00. The molecule has 0 N–H and O–H groups in total. The molecule has 2 rings (SSSR count). The summed E-state index contributed by atoms with van der Waals surface area (Å²) in [7, 11) is 0. The van der Waals surface area contributed by atoms with Crippen molar-refractivity contribution in [3.8, 4) is 0 Å². The fraction of sp³-hybridized carbons (Fsp3) is 0.250. The molecule has 0 atom stereocenters. The molecule has 1 aromatic carbocycles. The van der Waals surface area contributed by atoms with Crippen LogP contribution >= 0.6 is 0 Å². The van der Waals surface area contributed by atoms with Gasteiger partial charge in [-0.1, -0.05) is 0 Å². The Morgan fingerprint density at radius 2 is 1.69 bits per heavy atom. The van der Waals surface area contributed by atoms with Crippen molar-refractivity contribution in [1.29, 1.82) is 0 Å². The van der Waals surface area contributed by atoms with E-state index in [0.29, 0.717) is 12.1 Å². The van der Waals surface area contributed by atoms with Gasteiger partial charge in [0, 0.05) is 11.8 Å². The molecule has 2 aromatic rings. The predicted molar refractivity (Wildman–Crippen MR) is 57.2 cm³/mol. The van der Waals surface area contributed by atoms with E-state index in [-0.39, 0.29) is 0 Å². The third-order valence-electron chi connectivity index (χ3n) is 2.36. The van der Waals surface area contributed by atoms with Crippen molar-refractivity contribution in [3.63, 3.8) is 0 Å². The Kier molecular flexibility index (Phi) is 2.73. The number of hydrogen-bond donors (Lipinski definition) is 0. The first-order valence-electron chi connectivity index (χ1n) is 5.00. The van der Waals surface area contributed by atoms with Gasteiger partial charge in [0.2, 0.25) is 0 Å². The van der Waals surface area contributed by atoms with Crippen molar-refractivity contribution < 1.29 is 8.78 Å². The van der Waals surface area contributed by atoms with E-state index in [9.17, 15) is 8.78 Å². The topological polar surface area (TPSA) is 17.8 Å². The molecule has 1 heterocycles. The van der Waals surface area contributed by atoms with Crippen LogP contribution in [0.4, 0.5) is 8.78 Å². The van der Waals surface area contributed by atoms with E-state index in [4.69, 9.17) is 0 Å². The highest BCUT2D eigenvalue weighted by molar-refractivity contribution is 5.19. The Morgan fingerprint density at radius 1 is 1.06 bits per heavy atom. The predicted octanol–water partition coefficient (Wildman–Crippen LogP) is 2.83. The number of halogens is 2. The number of rotatable bonds is 2. The summed E-state index contributed by atoms with van der Waals surface area (Å²) >= 11 is 0. The van der Waals surface area contributed by atoms with Gasteiger partial charge < -0.3 is 0 Å². The van der Waals surface area contributed by atoms with Gasteiger partial charge in [0.1, 0.15) is 11.6 Å². The lowest BCUT2D eigenvalue weighted by molar-refractivity contribution is 0.573. The van der Waals surface area contributed by atoms with Gasteiger partial charge in [0.25, 0.3) is 0 Å². The van der Waals surface area contributed by atoms with Crippen molar-refractivity contribution in [2.75, 3.05) is 0 Å². The molecular weight excluding hydrogens is 210 g/mol. The zero-order valence-electron chi connectivity index (χ0n) is 9.17. The highest BCUT2D eigenvalue weighted by Gasteiger charge is 2.04. The van der Waals surface area contributed by atoms with Crippen LogP contribution in [-0.4, -0.2) is 9.78 Å².